The average molecular weight is 273 g/mol. The van der Waals surface area contributed by atoms with Crippen molar-refractivity contribution in [1.29, 1.82) is 0 Å². The Hall–Kier alpha value is -1.88. The highest BCUT2D eigenvalue weighted by molar-refractivity contribution is 7.99. The van der Waals surface area contributed by atoms with E-state index < -0.39 is 0 Å². The zero-order valence-electron chi connectivity index (χ0n) is 10.8. The van der Waals surface area contributed by atoms with E-state index in [9.17, 15) is 4.79 Å². The molecule has 0 saturated carbocycles. The van der Waals surface area contributed by atoms with Gasteiger partial charge in [0, 0.05) is 28.2 Å². The summed E-state index contributed by atoms with van der Waals surface area (Å²) in [5.74, 6) is -0.252. The van der Waals surface area contributed by atoms with Crippen molar-refractivity contribution in [3.63, 3.8) is 0 Å². The number of rotatable bonds is 4. The largest absolute Gasteiger partial charge is 0.321 e. The number of nitrogens with zero attached hydrogens (tertiary/aromatic N) is 2. The molecule has 0 radical (unpaired) electrons. The second-order valence-corrected chi connectivity index (χ2v) is 5.89. The van der Waals surface area contributed by atoms with Crippen LogP contribution in [0, 0.1) is 0 Å². The molecule has 1 heterocycles. The van der Waals surface area contributed by atoms with Crippen LogP contribution in [0.2, 0.25) is 0 Å². The molecule has 0 atom stereocenters. The molecule has 0 spiro atoms. The van der Waals surface area contributed by atoms with Gasteiger partial charge in [0.25, 0.3) is 5.91 Å². The number of carbonyl (C=O) groups excluding carboxylic acids is 1. The molecule has 1 N–H and O–H groups in total. The second-order valence-electron chi connectivity index (χ2n) is 4.24. The molecule has 0 bridgehead atoms. The van der Waals surface area contributed by atoms with E-state index in [0.29, 0.717) is 10.9 Å². The topological polar surface area (TPSA) is 54.9 Å². The van der Waals surface area contributed by atoms with Crippen molar-refractivity contribution in [1.82, 2.24) is 9.97 Å². The molecule has 0 unspecified atom stereocenters. The maximum absolute atomic E-state index is 11.9. The smallest absolute Gasteiger partial charge is 0.275 e. The Balaban J connectivity index is 2.02. The van der Waals surface area contributed by atoms with Gasteiger partial charge in [0.2, 0.25) is 0 Å². The monoisotopic (exact) mass is 273 g/mol. The molecule has 4 nitrogen and oxygen atoms in total. The van der Waals surface area contributed by atoms with E-state index >= 15 is 0 Å². The summed E-state index contributed by atoms with van der Waals surface area (Å²) in [4.78, 5) is 20.9. The quantitative estimate of drug-likeness (QED) is 0.869. The fraction of sp³-hybridized carbons (Fsp3) is 0.214. The predicted octanol–water partition coefficient (Wildman–Crippen LogP) is 3.23. The van der Waals surface area contributed by atoms with Crippen LogP contribution in [0.4, 0.5) is 5.69 Å². The average Bonchev–Trinajstić information content (AvgIpc) is 2.41. The molecule has 0 fully saturated rings. The molecule has 0 aliphatic carbocycles. The minimum Gasteiger partial charge on any atom is -0.321 e. The van der Waals surface area contributed by atoms with Crippen molar-refractivity contribution >= 4 is 23.4 Å². The van der Waals surface area contributed by atoms with Crippen LogP contribution < -0.4 is 5.32 Å². The molecule has 2 aromatic rings. The van der Waals surface area contributed by atoms with Crippen molar-refractivity contribution in [2.75, 3.05) is 5.32 Å². The van der Waals surface area contributed by atoms with E-state index in [1.165, 1.54) is 23.5 Å². The first-order valence-corrected chi connectivity index (χ1v) is 6.87. The molecule has 1 amide bonds. The SMILES string of the molecule is CC(C)Sc1ccc(NC(=O)c2cnccn2)cc1. The first kappa shape index (κ1) is 13.5. The number of benzene rings is 1. The fourth-order valence-corrected chi connectivity index (χ4v) is 2.34. The third kappa shape index (κ3) is 4.06. The maximum atomic E-state index is 11.9. The summed E-state index contributed by atoms with van der Waals surface area (Å²) >= 11 is 1.79. The number of hydrogen-bond donors (Lipinski definition) is 1. The highest BCUT2D eigenvalue weighted by atomic mass is 32.2. The normalized spacial score (nSPS) is 10.5. The number of thioether (sulfide) groups is 1. The minimum absolute atomic E-state index is 0.252. The number of nitrogens with one attached hydrogen (secondary N) is 1. The number of aromatic nitrogens is 2. The van der Waals surface area contributed by atoms with Crippen LogP contribution in [0.25, 0.3) is 0 Å². The molecule has 2 rings (SSSR count). The lowest BCUT2D eigenvalue weighted by atomic mass is 10.3. The van der Waals surface area contributed by atoms with Gasteiger partial charge in [-0.25, -0.2) is 4.98 Å². The number of carbonyl (C=O) groups is 1. The van der Waals surface area contributed by atoms with E-state index in [4.69, 9.17) is 0 Å². The first-order chi connectivity index (χ1) is 9.15. The van der Waals surface area contributed by atoms with E-state index in [2.05, 4.69) is 29.1 Å². The summed E-state index contributed by atoms with van der Waals surface area (Å²) in [7, 11) is 0. The van der Waals surface area contributed by atoms with Gasteiger partial charge in [-0.15, -0.1) is 11.8 Å². The molecule has 0 saturated heterocycles. The fourth-order valence-electron chi connectivity index (χ4n) is 1.50. The highest BCUT2D eigenvalue weighted by Crippen LogP contribution is 2.24. The Morgan fingerprint density at radius 2 is 1.95 bits per heavy atom. The molecule has 0 aliphatic rings. The van der Waals surface area contributed by atoms with Gasteiger partial charge in [-0.1, -0.05) is 13.8 Å². The molecule has 1 aromatic heterocycles. The van der Waals surface area contributed by atoms with E-state index in [1.807, 2.05) is 24.3 Å². The summed E-state index contributed by atoms with van der Waals surface area (Å²) in [5.41, 5.74) is 1.06. The first-order valence-electron chi connectivity index (χ1n) is 5.99. The van der Waals surface area contributed by atoms with Gasteiger partial charge in [0.1, 0.15) is 5.69 Å². The summed E-state index contributed by atoms with van der Waals surface area (Å²) in [6.45, 7) is 4.29. The maximum Gasteiger partial charge on any atom is 0.275 e. The standard InChI is InChI=1S/C14H15N3OS/c1-10(2)19-12-5-3-11(4-6-12)17-14(18)13-9-15-7-8-16-13/h3-10H,1-2H3,(H,17,18). The Labute approximate surface area is 116 Å². The molecule has 19 heavy (non-hydrogen) atoms. The van der Waals surface area contributed by atoms with Gasteiger partial charge in [-0.2, -0.15) is 0 Å². The van der Waals surface area contributed by atoms with E-state index in [1.54, 1.807) is 11.8 Å². The lowest BCUT2D eigenvalue weighted by molar-refractivity contribution is 0.102. The van der Waals surface area contributed by atoms with Gasteiger partial charge in [-0.3, -0.25) is 9.78 Å². The van der Waals surface area contributed by atoms with Gasteiger partial charge in [0.05, 0.1) is 6.20 Å². The van der Waals surface area contributed by atoms with Crippen LogP contribution in [-0.2, 0) is 0 Å². The lowest BCUT2D eigenvalue weighted by Gasteiger charge is -2.07. The van der Waals surface area contributed by atoms with E-state index in [-0.39, 0.29) is 5.91 Å². The van der Waals surface area contributed by atoms with Crippen LogP contribution in [-0.4, -0.2) is 21.1 Å². The Morgan fingerprint density at radius 3 is 2.53 bits per heavy atom. The highest BCUT2D eigenvalue weighted by Gasteiger charge is 2.07. The zero-order chi connectivity index (χ0) is 13.7. The molecular formula is C14H15N3OS. The minimum atomic E-state index is -0.252. The van der Waals surface area contributed by atoms with Crippen molar-refractivity contribution < 1.29 is 4.79 Å². The summed E-state index contributed by atoms with van der Waals surface area (Å²) in [5, 5.41) is 3.33. The second kappa shape index (κ2) is 6.33. The van der Waals surface area contributed by atoms with Crippen molar-refractivity contribution in [3.8, 4) is 0 Å². The zero-order valence-corrected chi connectivity index (χ0v) is 11.6. The summed E-state index contributed by atoms with van der Waals surface area (Å²) in [6, 6.07) is 7.77. The van der Waals surface area contributed by atoms with Gasteiger partial charge < -0.3 is 5.32 Å². The van der Waals surface area contributed by atoms with Gasteiger partial charge >= 0.3 is 0 Å². The lowest BCUT2D eigenvalue weighted by Crippen LogP contribution is -2.13. The summed E-state index contributed by atoms with van der Waals surface area (Å²) < 4.78 is 0. The molecular weight excluding hydrogens is 258 g/mol. The Kier molecular flexibility index (Phi) is 4.52. The third-order valence-corrected chi connectivity index (χ3v) is 3.30. The van der Waals surface area contributed by atoms with Crippen LogP contribution >= 0.6 is 11.8 Å². The number of anilines is 1. The number of hydrogen-bond acceptors (Lipinski definition) is 4. The van der Waals surface area contributed by atoms with Crippen molar-refractivity contribution in [3.05, 3.63) is 48.5 Å². The number of amides is 1. The van der Waals surface area contributed by atoms with Gasteiger partial charge in [0.15, 0.2) is 0 Å². The Bertz CT molecular complexity index is 540. The van der Waals surface area contributed by atoms with Gasteiger partial charge in [-0.05, 0) is 24.3 Å². The molecule has 5 heteroatoms. The molecule has 1 aromatic carbocycles. The molecule has 98 valence electrons. The Morgan fingerprint density at radius 1 is 1.21 bits per heavy atom. The molecule has 0 aliphatic heterocycles. The van der Waals surface area contributed by atoms with Crippen LogP contribution in [0.5, 0.6) is 0 Å². The van der Waals surface area contributed by atoms with Crippen LogP contribution in [0.3, 0.4) is 0 Å². The summed E-state index contributed by atoms with van der Waals surface area (Å²) in [6.07, 6.45) is 4.48. The van der Waals surface area contributed by atoms with E-state index in [0.717, 1.165) is 5.69 Å². The van der Waals surface area contributed by atoms with Crippen molar-refractivity contribution in [2.24, 2.45) is 0 Å². The third-order valence-electron chi connectivity index (χ3n) is 2.28. The van der Waals surface area contributed by atoms with Crippen LogP contribution in [0.15, 0.2) is 47.8 Å². The predicted molar refractivity (Wildman–Crippen MR) is 77.4 cm³/mol. The van der Waals surface area contributed by atoms with Crippen molar-refractivity contribution in [2.45, 2.75) is 24.0 Å². The van der Waals surface area contributed by atoms with Crippen LogP contribution in [0.1, 0.15) is 24.3 Å².